The molecule has 130 valence electrons. The first kappa shape index (κ1) is 15.9. The monoisotopic (exact) mass is 340 g/mol. The zero-order valence-corrected chi connectivity index (χ0v) is 14.4. The Morgan fingerprint density at radius 2 is 1.72 bits per heavy atom. The van der Waals surface area contributed by atoms with Gasteiger partial charge in [0.25, 0.3) is 11.8 Å². The summed E-state index contributed by atoms with van der Waals surface area (Å²) >= 11 is 0. The Kier molecular flexibility index (Phi) is 3.63. The number of nitrogens with zero attached hydrogens (tertiary/aromatic N) is 2. The summed E-state index contributed by atoms with van der Waals surface area (Å²) in [6, 6.07) is 3.61. The lowest BCUT2D eigenvalue weighted by Crippen LogP contribution is -2.28. The van der Waals surface area contributed by atoms with E-state index in [1.165, 1.54) is 6.21 Å². The van der Waals surface area contributed by atoms with Crippen LogP contribution in [0.2, 0.25) is 0 Å². The number of rotatable bonds is 4. The Bertz CT molecular complexity index is 784. The van der Waals surface area contributed by atoms with Gasteiger partial charge < -0.3 is 9.47 Å². The third kappa shape index (κ3) is 2.20. The molecule has 2 amide bonds. The molecule has 0 spiro atoms. The van der Waals surface area contributed by atoms with Crippen molar-refractivity contribution in [3.63, 3.8) is 0 Å². The number of fused-ring (bicyclic) bond motifs is 5. The second kappa shape index (κ2) is 5.72. The average Bonchev–Trinajstić information content (AvgIpc) is 3.28. The van der Waals surface area contributed by atoms with Gasteiger partial charge in [-0.1, -0.05) is 12.2 Å². The van der Waals surface area contributed by atoms with Gasteiger partial charge in [-0.2, -0.15) is 10.1 Å². The number of allylic oxidation sites excluding steroid dienone is 2. The van der Waals surface area contributed by atoms with Crippen LogP contribution in [0.4, 0.5) is 0 Å². The van der Waals surface area contributed by atoms with E-state index >= 15 is 0 Å². The molecule has 6 nitrogen and oxygen atoms in total. The third-order valence-corrected chi connectivity index (χ3v) is 5.57. The molecule has 0 aromatic heterocycles. The van der Waals surface area contributed by atoms with Crippen LogP contribution in [0.25, 0.3) is 0 Å². The quantitative estimate of drug-likeness (QED) is 0.478. The van der Waals surface area contributed by atoms with E-state index in [0.29, 0.717) is 17.1 Å². The van der Waals surface area contributed by atoms with E-state index < -0.39 is 0 Å². The minimum Gasteiger partial charge on any atom is -0.496 e. The maximum absolute atomic E-state index is 12.6. The van der Waals surface area contributed by atoms with Gasteiger partial charge in [-0.3, -0.25) is 9.59 Å². The average molecular weight is 340 g/mol. The van der Waals surface area contributed by atoms with E-state index in [0.717, 1.165) is 17.0 Å². The Labute approximate surface area is 146 Å². The molecule has 25 heavy (non-hydrogen) atoms. The van der Waals surface area contributed by atoms with E-state index in [2.05, 4.69) is 17.3 Å². The molecule has 2 aliphatic carbocycles. The van der Waals surface area contributed by atoms with Gasteiger partial charge >= 0.3 is 0 Å². The molecular weight excluding hydrogens is 320 g/mol. The van der Waals surface area contributed by atoms with Crippen LogP contribution < -0.4 is 9.47 Å². The SMILES string of the molecule is COc1ccc(C=NN2C(=O)[C@@H]3[C@H](C2=O)[C@H]2C=C[C@H]3C2)c(OC)c1C. The Morgan fingerprint density at radius 3 is 2.28 bits per heavy atom. The maximum atomic E-state index is 12.6. The maximum Gasteiger partial charge on any atom is 0.254 e. The van der Waals surface area contributed by atoms with Crippen molar-refractivity contribution in [2.24, 2.45) is 28.8 Å². The molecule has 1 aromatic carbocycles. The van der Waals surface area contributed by atoms with Crippen molar-refractivity contribution in [2.45, 2.75) is 13.3 Å². The second-order valence-electron chi connectivity index (χ2n) is 6.75. The molecule has 1 heterocycles. The van der Waals surface area contributed by atoms with Crippen LogP contribution >= 0.6 is 0 Å². The first-order valence-electron chi connectivity index (χ1n) is 8.38. The van der Waals surface area contributed by atoms with Crippen molar-refractivity contribution < 1.29 is 19.1 Å². The number of hydrazone groups is 1. The number of hydrogen-bond donors (Lipinski definition) is 0. The fourth-order valence-corrected chi connectivity index (χ4v) is 4.41. The minimum atomic E-state index is -0.237. The Balaban J connectivity index is 1.62. The highest BCUT2D eigenvalue weighted by atomic mass is 16.5. The summed E-state index contributed by atoms with van der Waals surface area (Å²) in [5.41, 5.74) is 1.53. The van der Waals surface area contributed by atoms with Crippen molar-refractivity contribution in [3.8, 4) is 11.5 Å². The topological polar surface area (TPSA) is 68.2 Å². The number of ether oxygens (including phenoxy) is 2. The van der Waals surface area contributed by atoms with Gasteiger partial charge in [0.2, 0.25) is 0 Å². The van der Waals surface area contributed by atoms with Crippen molar-refractivity contribution >= 4 is 18.0 Å². The van der Waals surface area contributed by atoms with E-state index in [1.54, 1.807) is 20.3 Å². The van der Waals surface area contributed by atoms with Gasteiger partial charge in [0.1, 0.15) is 11.5 Å². The molecule has 1 aromatic rings. The first-order valence-corrected chi connectivity index (χ1v) is 8.38. The number of hydrogen-bond acceptors (Lipinski definition) is 5. The highest BCUT2D eigenvalue weighted by Crippen LogP contribution is 2.52. The van der Waals surface area contributed by atoms with Gasteiger partial charge in [0, 0.05) is 11.1 Å². The summed E-state index contributed by atoms with van der Waals surface area (Å²) < 4.78 is 10.7. The summed E-state index contributed by atoms with van der Waals surface area (Å²) in [4.78, 5) is 25.3. The molecule has 0 radical (unpaired) electrons. The van der Waals surface area contributed by atoms with E-state index in [4.69, 9.17) is 9.47 Å². The standard InChI is InChI=1S/C19H20N2O4/c1-10-14(24-2)7-6-13(17(10)25-3)9-20-21-18(22)15-11-4-5-12(8-11)16(15)19(21)23/h4-7,9,11-12,15-16H,8H2,1-3H3/t11-,12-,15-,16+/m0/s1. The summed E-state index contributed by atoms with van der Waals surface area (Å²) in [5.74, 6) is 0.843. The van der Waals surface area contributed by atoms with Crippen molar-refractivity contribution in [2.75, 3.05) is 14.2 Å². The van der Waals surface area contributed by atoms with Gasteiger partial charge in [0.05, 0.1) is 32.3 Å². The summed E-state index contributed by atoms with van der Waals surface area (Å²) in [7, 11) is 3.16. The molecule has 3 aliphatic rings. The molecule has 1 saturated carbocycles. The van der Waals surface area contributed by atoms with Gasteiger partial charge in [-0.25, -0.2) is 0 Å². The number of imide groups is 1. The van der Waals surface area contributed by atoms with E-state index in [-0.39, 0.29) is 35.5 Å². The number of carbonyl (C=O) groups is 2. The van der Waals surface area contributed by atoms with E-state index in [1.807, 2.05) is 13.0 Å². The third-order valence-electron chi connectivity index (χ3n) is 5.57. The molecule has 6 heteroatoms. The molecule has 4 rings (SSSR count). The largest absolute Gasteiger partial charge is 0.496 e. The number of carbonyl (C=O) groups excluding carboxylic acids is 2. The zero-order valence-electron chi connectivity index (χ0n) is 14.4. The summed E-state index contributed by atoms with van der Waals surface area (Å²) in [6.07, 6.45) is 6.56. The van der Waals surface area contributed by atoms with Crippen LogP contribution in [0.1, 0.15) is 17.5 Å². The van der Waals surface area contributed by atoms with Gasteiger partial charge in [-0.05, 0) is 37.3 Å². The fraction of sp³-hybridized carbons (Fsp3) is 0.421. The lowest BCUT2D eigenvalue weighted by Gasteiger charge is -2.13. The highest BCUT2D eigenvalue weighted by molar-refractivity contribution is 6.07. The van der Waals surface area contributed by atoms with Crippen molar-refractivity contribution in [3.05, 3.63) is 35.4 Å². The molecule has 1 aliphatic heterocycles. The first-order chi connectivity index (χ1) is 12.1. The number of amides is 2. The Morgan fingerprint density at radius 1 is 1.08 bits per heavy atom. The lowest BCUT2D eigenvalue weighted by atomic mass is 9.85. The van der Waals surface area contributed by atoms with Crippen LogP contribution in [0.15, 0.2) is 29.4 Å². The van der Waals surface area contributed by atoms with Crippen LogP contribution in [0.5, 0.6) is 11.5 Å². The van der Waals surface area contributed by atoms with Crippen LogP contribution in [-0.2, 0) is 9.59 Å². The van der Waals surface area contributed by atoms with Crippen molar-refractivity contribution in [1.29, 1.82) is 0 Å². The van der Waals surface area contributed by atoms with Gasteiger partial charge in [-0.15, -0.1) is 0 Å². The van der Waals surface area contributed by atoms with Crippen LogP contribution in [-0.4, -0.2) is 37.3 Å². The summed E-state index contributed by atoms with van der Waals surface area (Å²) in [5, 5.41) is 5.24. The highest BCUT2D eigenvalue weighted by Gasteiger charge is 2.59. The normalized spacial score (nSPS) is 29.8. The summed E-state index contributed by atoms with van der Waals surface area (Å²) in [6.45, 7) is 1.88. The molecule has 2 fully saturated rings. The number of benzene rings is 1. The molecule has 0 N–H and O–H groups in total. The lowest BCUT2D eigenvalue weighted by molar-refractivity contribution is -0.140. The van der Waals surface area contributed by atoms with Gasteiger partial charge in [0.15, 0.2) is 0 Å². The second-order valence-corrected chi connectivity index (χ2v) is 6.75. The fourth-order valence-electron chi connectivity index (χ4n) is 4.41. The molecule has 1 saturated heterocycles. The predicted octanol–water partition coefficient (Wildman–Crippen LogP) is 2.15. The molecular formula is C19H20N2O4. The van der Waals surface area contributed by atoms with Crippen molar-refractivity contribution in [1.82, 2.24) is 5.01 Å². The predicted molar refractivity (Wildman–Crippen MR) is 91.4 cm³/mol. The Hall–Kier alpha value is -2.63. The van der Waals surface area contributed by atoms with Crippen LogP contribution in [0, 0.1) is 30.6 Å². The molecule has 2 bridgehead atoms. The zero-order chi connectivity index (χ0) is 17.7. The van der Waals surface area contributed by atoms with Crippen LogP contribution in [0.3, 0.4) is 0 Å². The van der Waals surface area contributed by atoms with E-state index in [9.17, 15) is 9.59 Å². The molecule has 4 atom stereocenters. The smallest absolute Gasteiger partial charge is 0.254 e. The minimum absolute atomic E-state index is 0.185. The number of methoxy groups -OCH3 is 2. The molecule has 0 unspecified atom stereocenters.